The summed E-state index contributed by atoms with van der Waals surface area (Å²) in [5.41, 5.74) is 2.39. The van der Waals surface area contributed by atoms with Crippen molar-refractivity contribution < 1.29 is 18.7 Å². The molecule has 3 rings (SSSR count). The zero-order chi connectivity index (χ0) is 22.9. The lowest BCUT2D eigenvalue weighted by Gasteiger charge is -2.19. The van der Waals surface area contributed by atoms with Gasteiger partial charge in [-0.25, -0.2) is 0 Å². The highest BCUT2D eigenvalue weighted by Gasteiger charge is 2.14. The monoisotopic (exact) mass is 435 g/mol. The first-order valence-corrected chi connectivity index (χ1v) is 10.7. The lowest BCUT2D eigenvalue weighted by Crippen LogP contribution is -2.28. The molecule has 2 aromatic carbocycles. The summed E-state index contributed by atoms with van der Waals surface area (Å²) in [5, 5.41) is 5.70. The Labute approximate surface area is 188 Å². The number of hydrogen-bond acceptors (Lipinski definition) is 5. The number of anilines is 2. The van der Waals surface area contributed by atoms with E-state index in [1.807, 2.05) is 25.1 Å². The van der Waals surface area contributed by atoms with E-state index in [9.17, 15) is 9.59 Å². The molecule has 0 aliphatic carbocycles. The van der Waals surface area contributed by atoms with Crippen molar-refractivity contribution >= 4 is 23.2 Å². The Kier molecular flexibility index (Phi) is 8.05. The van der Waals surface area contributed by atoms with Crippen molar-refractivity contribution in [2.45, 2.75) is 20.8 Å². The highest BCUT2D eigenvalue weighted by atomic mass is 16.5. The minimum atomic E-state index is -0.373. The summed E-state index contributed by atoms with van der Waals surface area (Å²) < 4.78 is 11.1. The minimum absolute atomic E-state index is 0.204. The van der Waals surface area contributed by atoms with Gasteiger partial charge in [-0.3, -0.25) is 9.59 Å². The van der Waals surface area contributed by atoms with Crippen molar-refractivity contribution in [3.05, 3.63) is 77.7 Å². The van der Waals surface area contributed by atoms with Gasteiger partial charge in [-0.15, -0.1) is 0 Å². The van der Waals surface area contributed by atoms with Gasteiger partial charge in [0.15, 0.2) is 5.76 Å². The number of likely N-dealkylation sites (N-methyl/N-ethyl adjacent to an activating group) is 1. The molecular formula is C25H29N3O4. The fourth-order valence-corrected chi connectivity index (χ4v) is 3.20. The molecule has 2 amide bonds. The zero-order valence-electron chi connectivity index (χ0n) is 18.7. The largest absolute Gasteiger partial charge is 0.490 e. The zero-order valence-corrected chi connectivity index (χ0v) is 18.7. The molecule has 0 saturated carbocycles. The normalized spacial score (nSPS) is 10.8. The third-order valence-corrected chi connectivity index (χ3v) is 5.19. The molecule has 168 valence electrons. The van der Waals surface area contributed by atoms with E-state index in [0.717, 1.165) is 25.2 Å². The third kappa shape index (κ3) is 5.98. The summed E-state index contributed by atoms with van der Waals surface area (Å²) in [5.74, 6) is 0.155. The van der Waals surface area contributed by atoms with Crippen LogP contribution in [0.3, 0.4) is 0 Å². The highest BCUT2D eigenvalue weighted by Crippen LogP contribution is 2.25. The third-order valence-electron chi connectivity index (χ3n) is 5.19. The summed E-state index contributed by atoms with van der Waals surface area (Å²) >= 11 is 0. The molecule has 3 aromatic rings. The molecule has 0 spiro atoms. The maximum atomic E-state index is 12.9. The molecule has 1 heterocycles. The number of nitrogens with one attached hydrogen (secondary N) is 2. The Hall–Kier alpha value is -3.58. The Morgan fingerprint density at radius 3 is 2.41 bits per heavy atom. The Morgan fingerprint density at radius 1 is 0.938 bits per heavy atom. The lowest BCUT2D eigenvalue weighted by molar-refractivity contribution is 0.0993. The molecule has 0 bridgehead atoms. The number of carbonyl (C=O) groups is 2. The van der Waals surface area contributed by atoms with Gasteiger partial charge in [0.1, 0.15) is 12.4 Å². The van der Waals surface area contributed by atoms with Gasteiger partial charge < -0.3 is 24.7 Å². The Bertz CT molecular complexity index is 1040. The van der Waals surface area contributed by atoms with Crippen molar-refractivity contribution in [2.24, 2.45) is 0 Å². The molecule has 0 saturated heterocycles. The van der Waals surface area contributed by atoms with Crippen molar-refractivity contribution in [1.82, 2.24) is 4.90 Å². The molecule has 7 nitrogen and oxygen atoms in total. The van der Waals surface area contributed by atoms with E-state index in [-0.39, 0.29) is 17.6 Å². The summed E-state index contributed by atoms with van der Waals surface area (Å²) in [4.78, 5) is 27.5. The molecule has 0 aliphatic heterocycles. The number of carbonyl (C=O) groups excluding carboxylic acids is 2. The van der Waals surface area contributed by atoms with E-state index in [1.165, 1.54) is 6.26 Å². The molecule has 0 unspecified atom stereocenters. The number of aryl methyl sites for hydroxylation is 1. The van der Waals surface area contributed by atoms with E-state index in [1.54, 1.807) is 36.4 Å². The number of ether oxygens (including phenoxy) is 1. The summed E-state index contributed by atoms with van der Waals surface area (Å²) in [6.07, 6.45) is 1.44. The Morgan fingerprint density at radius 2 is 1.69 bits per heavy atom. The van der Waals surface area contributed by atoms with Crippen molar-refractivity contribution in [2.75, 3.05) is 36.9 Å². The van der Waals surface area contributed by atoms with Crippen LogP contribution in [0.1, 0.15) is 40.3 Å². The van der Waals surface area contributed by atoms with Crippen LogP contribution in [-0.4, -0.2) is 43.0 Å². The number of furan rings is 1. The van der Waals surface area contributed by atoms with Crippen LogP contribution in [0.5, 0.6) is 5.75 Å². The van der Waals surface area contributed by atoms with E-state index in [2.05, 4.69) is 29.4 Å². The maximum absolute atomic E-state index is 12.9. The van der Waals surface area contributed by atoms with E-state index >= 15 is 0 Å². The van der Waals surface area contributed by atoms with Crippen LogP contribution in [0.15, 0.2) is 65.3 Å². The first kappa shape index (κ1) is 23.1. The highest BCUT2D eigenvalue weighted by molar-refractivity contribution is 6.07. The topological polar surface area (TPSA) is 83.8 Å². The molecule has 0 radical (unpaired) electrons. The second kappa shape index (κ2) is 11.2. The van der Waals surface area contributed by atoms with Crippen LogP contribution in [-0.2, 0) is 0 Å². The molecule has 0 atom stereocenters. The second-order valence-corrected chi connectivity index (χ2v) is 7.29. The smallest absolute Gasteiger partial charge is 0.291 e. The first-order valence-electron chi connectivity index (χ1n) is 10.7. The first-order chi connectivity index (χ1) is 15.5. The molecule has 0 fully saturated rings. The van der Waals surface area contributed by atoms with Crippen molar-refractivity contribution in [3.63, 3.8) is 0 Å². The van der Waals surface area contributed by atoms with Gasteiger partial charge in [0.05, 0.1) is 12.0 Å². The number of hydrogen-bond donors (Lipinski definition) is 2. The van der Waals surface area contributed by atoms with E-state index in [4.69, 9.17) is 9.15 Å². The fourth-order valence-electron chi connectivity index (χ4n) is 3.20. The molecule has 2 N–H and O–H groups in total. The number of rotatable bonds is 10. The predicted octanol–water partition coefficient (Wildman–Crippen LogP) is 4.81. The lowest BCUT2D eigenvalue weighted by atomic mass is 10.1. The SMILES string of the molecule is CCN(CC)CCOc1ccccc1NC(=O)c1ccc(C)c(NC(=O)c2ccco2)c1. The number of nitrogens with zero attached hydrogens (tertiary/aromatic N) is 1. The summed E-state index contributed by atoms with van der Waals surface area (Å²) in [7, 11) is 0. The van der Waals surface area contributed by atoms with Crippen LogP contribution in [0.4, 0.5) is 11.4 Å². The molecule has 32 heavy (non-hydrogen) atoms. The van der Waals surface area contributed by atoms with Gasteiger partial charge in [0, 0.05) is 17.8 Å². The number of amides is 2. The quantitative estimate of drug-likeness (QED) is 0.477. The predicted molar refractivity (Wildman–Crippen MR) is 126 cm³/mol. The molecule has 0 aliphatic rings. The summed E-state index contributed by atoms with van der Waals surface area (Å²) in [6, 6.07) is 15.7. The molecular weight excluding hydrogens is 406 g/mol. The summed E-state index contributed by atoms with van der Waals surface area (Å²) in [6.45, 7) is 9.36. The maximum Gasteiger partial charge on any atom is 0.291 e. The van der Waals surface area contributed by atoms with Crippen LogP contribution in [0, 0.1) is 6.92 Å². The average Bonchev–Trinajstić information content (AvgIpc) is 3.34. The number of para-hydroxylation sites is 2. The van der Waals surface area contributed by atoms with Crippen molar-refractivity contribution in [3.8, 4) is 5.75 Å². The standard InChI is InChI=1S/C25H29N3O4/c1-4-28(5-2)14-16-32-22-10-7-6-9-20(22)26-24(29)19-13-12-18(3)21(17-19)27-25(30)23-11-8-15-31-23/h6-13,15,17H,4-5,14,16H2,1-3H3,(H,26,29)(H,27,30). The van der Waals surface area contributed by atoms with Crippen LogP contribution >= 0.6 is 0 Å². The van der Waals surface area contributed by atoms with Gasteiger partial charge in [-0.1, -0.05) is 32.0 Å². The van der Waals surface area contributed by atoms with E-state index < -0.39 is 0 Å². The van der Waals surface area contributed by atoms with Gasteiger partial charge in [0.25, 0.3) is 11.8 Å². The number of benzene rings is 2. The van der Waals surface area contributed by atoms with Gasteiger partial charge >= 0.3 is 0 Å². The van der Waals surface area contributed by atoms with Gasteiger partial charge in [-0.05, 0) is 62.0 Å². The second-order valence-electron chi connectivity index (χ2n) is 7.29. The molecule has 1 aromatic heterocycles. The van der Waals surface area contributed by atoms with Gasteiger partial charge in [0.2, 0.25) is 0 Å². The average molecular weight is 436 g/mol. The minimum Gasteiger partial charge on any atom is -0.490 e. The fraction of sp³-hybridized carbons (Fsp3) is 0.280. The molecule has 7 heteroatoms. The van der Waals surface area contributed by atoms with E-state index in [0.29, 0.717) is 29.3 Å². The van der Waals surface area contributed by atoms with Crippen LogP contribution in [0.2, 0.25) is 0 Å². The van der Waals surface area contributed by atoms with Crippen molar-refractivity contribution in [1.29, 1.82) is 0 Å². The van der Waals surface area contributed by atoms with Crippen LogP contribution < -0.4 is 15.4 Å². The Balaban J connectivity index is 1.69. The van der Waals surface area contributed by atoms with Gasteiger partial charge in [-0.2, -0.15) is 0 Å². The van der Waals surface area contributed by atoms with Crippen LogP contribution in [0.25, 0.3) is 0 Å².